The van der Waals surface area contributed by atoms with Gasteiger partial charge >= 0.3 is 0 Å². The maximum Gasteiger partial charge on any atom is 0.161 e. The van der Waals surface area contributed by atoms with Gasteiger partial charge in [-0.2, -0.15) is 0 Å². The van der Waals surface area contributed by atoms with Gasteiger partial charge in [0.15, 0.2) is 11.5 Å². The second-order valence-electron chi connectivity index (χ2n) is 6.41. The summed E-state index contributed by atoms with van der Waals surface area (Å²) in [6, 6.07) is 10.0. The van der Waals surface area contributed by atoms with Gasteiger partial charge in [0, 0.05) is 18.9 Å². The molecule has 0 amide bonds. The third-order valence-corrected chi connectivity index (χ3v) is 4.51. The van der Waals surface area contributed by atoms with Gasteiger partial charge in [0.25, 0.3) is 0 Å². The molecule has 1 aromatic carbocycles. The standard InChI is InChI=1S/C21H26N2O2/c1-24-21-13-19(15-23-14-17-5-3-2-4-6-17)7-8-20(21)25-16-18-9-11-22-12-10-18/h2-3,7-13,17,23H,4-6,14-16H2,1H3. The van der Waals surface area contributed by atoms with E-state index in [1.54, 1.807) is 19.5 Å². The van der Waals surface area contributed by atoms with Gasteiger partial charge in [-0.05, 0) is 67.1 Å². The summed E-state index contributed by atoms with van der Waals surface area (Å²) in [7, 11) is 1.68. The Labute approximate surface area is 149 Å². The topological polar surface area (TPSA) is 43.4 Å². The fraction of sp³-hybridized carbons (Fsp3) is 0.381. The quantitative estimate of drug-likeness (QED) is 0.736. The van der Waals surface area contributed by atoms with E-state index in [1.807, 2.05) is 18.2 Å². The first kappa shape index (κ1) is 17.5. The van der Waals surface area contributed by atoms with Gasteiger partial charge in [0.1, 0.15) is 6.61 Å². The van der Waals surface area contributed by atoms with Gasteiger partial charge in [0.2, 0.25) is 0 Å². The van der Waals surface area contributed by atoms with Crippen molar-refractivity contribution in [2.45, 2.75) is 32.4 Å². The Bertz CT molecular complexity index is 686. The third kappa shape index (κ3) is 5.33. The van der Waals surface area contributed by atoms with E-state index in [0.717, 1.165) is 36.1 Å². The number of methoxy groups -OCH3 is 1. The minimum absolute atomic E-state index is 0.506. The summed E-state index contributed by atoms with van der Waals surface area (Å²) in [6.07, 6.45) is 11.8. The Kier molecular flexibility index (Phi) is 6.46. The molecule has 1 N–H and O–H groups in total. The first-order chi connectivity index (χ1) is 12.3. The molecule has 1 unspecified atom stereocenters. The van der Waals surface area contributed by atoms with Crippen LogP contribution in [0.4, 0.5) is 0 Å². The molecule has 0 spiro atoms. The van der Waals surface area contributed by atoms with Crippen LogP contribution in [0.3, 0.4) is 0 Å². The predicted molar refractivity (Wildman–Crippen MR) is 99.8 cm³/mol. The minimum atomic E-state index is 0.506. The lowest BCUT2D eigenvalue weighted by Gasteiger charge is -2.18. The van der Waals surface area contributed by atoms with Crippen LogP contribution < -0.4 is 14.8 Å². The molecule has 1 aliphatic rings. The van der Waals surface area contributed by atoms with Crippen LogP contribution in [-0.4, -0.2) is 18.6 Å². The van der Waals surface area contributed by atoms with Gasteiger partial charge in [-0.3, -0.25) is 4.98 Å². The number of aromatic nitrogens is 1. The highest BCUT2D eigenvalue weighted by molar-refractivity contribution is 5.43. The van der Waals surface area contributed by atoms with Crippen LogP contribution >= 0.6 is 0 Å². The van der Waals surface area contributed by atoms with Crippen molar-refractivity contribution < 1.29 is 9.47 Å². The van der Waals surface area contributed by atoms with Crippen molar-refractivity contribution in [3.63, 3.8) is 0 Å². The van der Waals surface area contributed by atoms with Crippen LogP contribution in [0.15, 0.2) is 54.9 Å². The van der Waals surface area contributed by atoms with E-state index in [0.29, 0.717) is 6.61 Å². The average Bonchev–Trinajstić information content (AvgIpc) is 2.68. The molecule has 1 aliphatic carbocycles. The number of hydrogen-bond acceptors (Lipinski definition) is 4. The molecular weight excluding hydrogens is 312 g/mol. The molecule has 0 fully saturated rings. The highest BCUT2D eigenvalue weighted by Gasteiger charge is 2.10. The van der Waals surface area contributed by atoms with Gasteiger partial charge in [-0.1, -0.05) is 18.2 Å². The number of rotatable bonds is 8. The molecule has 25 heavy (non-hydrogen) atoms. The Hall–Kier alpha value is -2.33. The van der Waals surface area contributed by atoms with E-state index in [1.165, 1.54) is 24.8 Å². The molecule has 4 nitrogen and oxygen atoms in total. The molecule has 1 atom stereocenters. The van der Waals surface area contributed by atoms with Crippen molar-refractivity contribution in [2.75, 3.05) is 13.7 Å². The van der Waals surface area contributed by atoms with E-state index in [2.05, 4.69) is 34.6 Å². The van der Waals surface area contributed by atoms with Crippen LogP contribution in [0.1, 0.15) is 30.4 Å². The van der Waals surface area contributed by atoms with Crippen molar-refractivity contribution in [2.24, 2.45) is 5.92 Å². The second kappa shape index (κ2) is 9.23. The number of hydrogen-bond donors (Lipinski definition) is 1. The van der Waals surface area contributed by atoms with Gasteiger partial charge in [0.05, 0.1) is 7.11 Å². The zero-order chi connectivity index (χ0) is 17.3. The summed E-state index contributed by atoms with van der Waals surface area (Å²) in [4.78, 5) is 4.02. The highest BCUT2D eigenvalue weighted by atomic mass is 16.5. The zero-order valence-corrected chi connectivity index (χ0v) is 14.8. The average molecular weight is 338 g/mol. The van der Waals surface area contributed by atoms with E-state index < -0.39 is 0 Å². The SMILES string of the molecule is COc1cc(CNCC2CC=CCC2)ccc1OCc1ccncc1. The van der Waals surface area contributed by atoms with Gasteiger partial charge < -0.3 is 14.8 Å². The lowest BCUT2D eigenvalue weighted by Crippen LogP contribution is -2.23. The second-order valence-corrected chi connectivity index (χ2v) is 6.41. The van der Waals surface area contributed by atoms with Crippen molar-refractivity contribution in [1.82, 2.24) is 10.3 Å². The fourth-order valence-corrected chi connectivity index (χ4v) is 3.04. The van der Waals surface area contributed by atoms with Crippen molar-refractivity contribution in [3.8, 4) is 11.5 Å². The van der Waals surface area contributed by atoms with E-state index >= 15 is 0 Å². The lowest BCUT2D eigenvalue weighted by atomic mass is 9.94. The molecule has 1 aromatic heterocycles. The Morgan fingerprint density at radius 2 is 1.96 bits per heavy atom. The van der Waals surface area contributed by atoms with Crippen molar-refractivity contribution in [3.05, 3.63) is 66.0 Å². The predicted octanol–water partition coefficient (Wildman–Crippen LogP) is 4.12. The highest BCUT2D eigenvalue weighted by Crippen LogP contribution is 2.29. The van der Waals surface area contributed by atoms with E-state index in [9.17, 15) is 0 Å². The Morgan fingerprint density at radius 1 is 1.08 bits per heavy atom. The fourth-order valence-electron chi connectivity index (χ4n) is 3.04. The molecule has 0 saturated carbocycles. The summed E-state index contributed by atoms with van der Waals surface area (Å²) >= 11 is 0. The molecule has 0 saturated heterocycles. The van der Waals surface area contributed by atoms with Crippen molar-refractivity contribution >= 4 is 0 Å². The van der Waals surface area contributed by atoms with Crippen LogP contribution in [0.5, 0.6) is 11.5 Å². The van der Waals surface area contributed by atoms with Crippen LogP contribution in [-0.2, 0) is 13.2 Å². The van der Waals surface area contributed by atoms with E-state index in [-0.39, 0.29) is 0 Å². The number of pyridine rings is 1. The molecule has 4 heteroatoms. The number of benzene rings is 1. The van der Waals surface area contributed by atoms with Gasteiger partial charge in [-0.25, -0.2) is 0 Å². The third-order valence-electron chi connectivity index (χ3n) is 4.51. The number of allylic oxidation sites excluding steroid dienone is 2. The molecule has 1 heterocycles. The van der Waals surface area contributed by atoms with Crippen molar-refractivity contribution in [1.29, 1.82) is 0 Å². The summed E-state index contributed by atoms with van der Waals surface area (Å²) in [5.41, 5.74) is 2.30. The Balaban J connectivity index is 1.52. The van der Waals surface area contributed by atoms with Crippen LogP contribution in [0.25, 0.3) is 0 Å². The number of nitrogens with zero attached hydrogens (tertiary/aromatic N) is 1. The molecule has 0 bridgehead atoms. The van der Waals surface area contributed by atoms with Gasteiger partial charge in [-0.15, -0.1) is 0 Å². The first-order valence-corrected chi connectivity index (χ1v) is 8.89. The monoisotopic (exact) mass is 338 g/mol. The lowest BCUT2D eigenvalue weighted by molar-refractivity contribution is 0.284. The maximum atomic E-state index is 5.89. The number of ether oxygens (including phenoxy) is 2. The summed E-state index contributed by atoms with van der Waals surface area (Å²) in [5.74, 6) is 2.30. The molecule has 2 aromatic rings. The first-order valence-electron chi connectivity index (χ1n) is 8.89. The summed E-state index contributed by atoms with van der Waals surface area (Å²) < 4.78 is 11.4. The summed E-state index contributed by atoms with van der Waals surface area (Å²) in [6.45, 7) is 2.42. The normalized spacial score (nSPS) is 16.6. The largest absolute Gasteiger partial charge is 0.493 e. The minimum Gasteiger partial charge on any atom is -0.493 e. The van der Waals surface area contributed by atoms with Crippen LogP contribution in [0, 0.1) is 5.92 Å². The number of nitrogens with one attached hydrogen (secondary N) is 1. The smallest absolute Gasteiger partial charge is 0.161 e. The zero-order valence-electron chi connectivity index (χ0n) is 14.8. The van der Waals surface area contributed by atoms with Crippen LogP contribution in [0.2, 0.25) is 0 Å². The molecule has 132 valence electrons. The maximum absolute atomic E-state index is 5.89. The Morgan fingerprint density at radius 3 is 2.72 bits per heavy atom. The molecule has 0 aliphatic heterocycles. The summed E-state index contributed by atoms with van der Waals surface area (Å²) in [5, 5.41) is 3.56. The molecule has 0 radical (unpaired) electrons. The molecular formula is C21H26N2O2. The van der Waals surface area contributed by atoms with E-state index in [4.69, 9.17) is 9.47 Å². The molecule has 3 rings (SSSR count).